The van der Waals surface area contributed by atoms with Crippen molar-refractivity contribution in [3.8, 4) is 28.3 Å². The van der Waals surface area contributed by atoms with E-state index in [9.17, 15) is 4.79 Å². The number of nitrogens with zero attached hydrogens (tertiary/aromatic N) is 4. The van der Waals surface area contributed by atoms with Gasteiger partial charge in [-0.05, 0) is 38.0 Å². The van der Waals surface area contributed by atoms with Crippen molar-refractivity contribution in [2.24, 2.45) is 7.05 Å². The molecule has 0 unspecified atom stereocenters. The van der Waals surface area contributed by atoms with E-state index in [1.807, 2.05) is 61.5 Å². The van der Waals surface area contributed by atoms with Crippen molar-refractivity contribution in [3.63, 3.8) is 0 Å². The standard InChI is InChI=1S/C33H32Cl2N6O3/c1-19-16-21-18-37-41(2)33(42)28(21)31(38-19)39-27-9-5-7-24(30(27)35)23-6-4-8-25(29(23)34)26-11-10-20(32(40-26)43-3)17-36-22-12-14-44-15-13-22/h4-11,16,18,22,36H,12-15,17H2,1-3H3,(H,38,39). The monoisotopic (exact) mass is 630 g/mol. The Labute approximate surface area is 265 Å². The van der Waals surface area contributed by atoms with Crippen LogP contribution in [-0.2, 0) is 18.3 Å². The first-order chi connectivity index (χ1) is 21.3. The Balaban J connectivity index is 1.32. The molecule has 0 aliphatic carbocycles. The predicted octanol–water partition coefficient (Wildman–Crippen LogP) is 6.69. The Morgan fingerprint density at radius 2 is 1.73 bits per heavy atom. The molecule has 2 aromatic carbocycles. The van der Waals surface area contributed by atoms with E-state index in [2.05, 4.69) is 20.7 Å². The topological polar surface area (TPSA) is 103 Å². The molecule has 0 amide bonds. The van der Waals surface area contributed by atoms with Gasteiger partial charge in [0.2, 0.25) is 5.88 Å². The van der Waals surface area contributed by atoms with E-state index in [0.717, 1.165) is 54.0 Å². The molecular formula is C33H32Cl2N6O3. The second kappa shape index (κ2) is 12.9. The fourth-order valence-corrected chi connectivity index (χ4v) is 6.07. The highest BCUT2D eigenvalue weighted by molar-refractivity contribution is 6.39. The maximum Gasteiger partial charge on any atom is 0.278 e. The Morgan fingerprint density at radius 1 is 1.00 bits per heavy atom. The third kappa shape index (κ3) is 6.01. The molecule has 1 saturated heterocycles. The van der Waals surface area contributed by atoms with E-state index >= 15 is 0 Å². The lowest BCUT2D eigenvalue weighted by Crippen LogP contribution is -2.34. The largest absolute Gasteiger partial charge is 0.481 e. The molecule has 2 N–H and O–H groups in total. The maximum atomic E-state index is 13.0. The molecule has 1 aliphatic heterocycles. The molecule has 9 nitrogen and oxygen atoms in total. The van der Waals surface area contributed by atoms with Crippen molar-refractivity contribution < 1.29 is 9.47 Å². The van der Waals surface area contributed by atoms with Crippen LogP contribution in [0.1, 0.15) is 24.1 Å². The number of pyridine rings is 2. The summed E-state index contributed by atoms with van der Waals surface area (Å²) in [6, 6.07) is 17.6. The van der Waals surface area contributed by atoms with Crippen molar-refractivity contribution in [1.29, 1.82) is 0 Å². The summed E-state index contributed by atoms with van der Waals surface area (Å²) >= 11 is 14.0. The molecule has 226 valence electrons. The lowest BCUT2D eigenvalue weighted by Gasteiger charge is -2.23. The van der Waals surface area contributed by atoms with Crippen LogP contribution in [0, 0.1) is 6.92 Å². The molecule has 0 bridgehead atoms. The second-order valence-electron chi connectivity index (χ2n) is 10.7. The summed E-state index contributed by atoms with van der Waals surface area (Å²) in [5.41, 5.74) is 4.95. The number of halogens is 2. The van der Waals surface area contributed by atoms with E-state index < -0.39 is 0 Å². The van der Waals surface area contributed by atoms with E-state index in [0.29, 0.717) is 56.5 Å². The maximum absolute atomic E-state index is 13.0. The number of nitrogens with one attached hydrogen (secondary N) is 2. The van der Waals surface area contributed by atoms with Crippen LogP contribution in [0.5, 0.6) is 5.88 Å². The van der Waals surface area contributed by atoms with Gasteiger partial charge in [-0.25, -0.2) is 14.6 Å². The quantitative estimate of drug-likeness (QED) is 0.195. The number of aromatic nitrogens is 4. The third-order valence-corrected chi connectivity index (χ3v) is 8.62. The van der Waals surface area contributed by atoms with E-state index in [1.54, 1.807) is 20.4 Å². The van der Waals surface area contributed by atoms with E-state index in [4.69, 9.17) is 37.7 Å². The van der Waals surface area contributed by atoms with Gasteiger partial charge >= 0.3 is 0 Å². The lowest BCUT2D eigenvalue weighted by atomic mass is 10.00. The fraction of sp³-hybridized carbons (Fsp3) is 0.273. The van der Waals surface area contributed by atoms with Crippen molar-refractivity contribution in [2.75, 3.05) is 25.6 Å². The number of benzene rings is 2. The molecule has 0 saturated carbocycles. The number of aryl methyl sites for hydroxylation is 2. The summed E-state index contributed by atoms with van der Waals surface area (Å²) in [7, 11) is 3.23. The highest BCUT2D eigenvalue weighted by Crippen LogP contribution is 2.42. The zero-order chi connectivity index (χ0) is 30.8. The number of hydrogen-bond acceptors (Lipinski definition) is 8. The van der Waals surface area contributed by atoms with Gasteiger partial charge in [0.15, 0.2) is 0 Å². The number of hydrogen-bond donors (Lipinski definition) is 2. The molecule has 5 aromatic rings. The van der Waals surface area contributed by atoms with Crippen LogP contribution in [0.15, 0.2) is 65.6 Å². The minimum atomic E-state index is -0.256. The number of ether oxygens (including phenoxy) is 2. The van der Waals surface area contributed by atoms with Gasteiger partial charge in [0.05, 0.1) is 40.1 Å². The van der Waals surface area contributed by atoms with Gasteiger partial charge in [0.1, 0.15) is 5.82 Å². The SMILES string of the molecule is COc1nc(-c2cccc(-c3cccc(Nc4nc(C)cc5cnn(C)c(=O)c45)c3Cl)c2Cl)ccc1CNC1CCOCC1. The summed E-state index contributed by atoms with van der Waals surface area (Å²) in [5.74, 6) is 0.955. The van der Waals surface area contributed by atoms with Crippen molar-refractivity contribution >= 4 is 45.5 Å². The van der Waals surface area contributed by atoms with Crippen LogP contribution < -0.4 is 20.9 Å². The summed E-state index contributed by atoms with van der Waals surface area (Å²) < 4.78 is 12.4. The normalized spacial score (nSPS) is 13.8. The van der Waals surface area contributed by atoms with Crippen LogP contribution in [0.25, 0.3) is 33.2 Å². The number of anilines is 2. The molecule has 6 rings (SSSR count). The van der Waals surface area contributed by atoms with Gasteiger partial charge < -0.3 is 20.1 Å². The average Bonchev–Trinajstić information content (AvgIpc) is 3.03. The number of methoxy groups -OCH3 is 1. The molecule has 0 spiro atoms. The number of fused-ring (bicyclic) bond motifs is 1. The molecule has 4 heterocycles. The van der Waals surface area contributed by atoms with E-state index in [-0.39, 0.29) is 5.56 Å². The predicted molar refractivity (Wildman–Crippen MR) is 175 cm³/mol. The molecule has 44 heavy (non-hydrogen) atoms. The molecule has 11 heteroatoms. The van der Waals surface area contributed by atoms with E-state index in [1.165, 1.54) is 4.68 Å². The van der Waals surface area contributed by atoms with Gasteiger partial charge in [-0.15, -0.1) is 0 Å². The zero-order valence-electron chi connectivity index (χ0n) is 24.7. The van der Waals surface area contributed by atoms with Gasteiger partial charge in [-0.3, -0.25) is 4.79 Å². The summed E-state index contributed by atoms with van der Waals surface area (Å²) in [6.07, 6.45) is 3.63. The van der Waals surface area contributed by atoms with Crippen LogP contribution in [0.4, 0.5) is 11.5 Å². The number of rotatable bonds is 8. The fourth-order valence-electron chi connectivity index (χ4n) is 5.47. The second-order valence-corrected chi connectivity index (χ2v) is 11.5. The van der Waals surface area contributed by atoms with Crippen LogP contribution in [0.2, 0.25) is 10.0 Å². The Hall–Kier alpha value is -4.02. The van der Waals surface area contributed by atoms with Crippen molar-refractivity contribution in [3.05, 3.63) is 92.5 Å². The summed E-state index contributed by atoms with van der Waals surface area (Å²) in [5, 5.41) is 13.1. The Morgan fingerprint density at radius 3 is 2.50 bits per heavy atom. The highest BCUT2D eigenvalue weighted by Gasteiger charge is 2.19. The van der Waals surface area contributed by atoms with Crippen LogP contribution in [0.3, 0.4) is 0 Å². The van der Waals surface area contributed by atoms with Crippen molar-refractivity contribution in [2.45, 2.75) is 32.4 Å². The highest BCUT2D eigenvalue weighted by atomic mass is 35.5. The molecule has 1 aliphatic rings. The third-order valence-electron chi connectivity index (χ3n) is 7.81. The smallest absolute Gasteiger partial charge is 0.278 e. The molecule has 1 fully saturated rings. The van der Waals surface area contributed by atoms with Gasteiger partial charge in [-0.2, -0.15) is 5.10 Å². The summed E-state index contributed by atoms with van der Waals surface area (Å²) in [6.45, 7) is 4.07. The minimum Gasteiger partial charge on any atom is -0.481 e. The Kier molecular flexibility index (Phi) is 8.81. The van der Waals surface area contributed by atoms with Gasteiger partial charge in [-0.1, -0.05) is 59.6 Å². The first-order valence-corrected chi connectivity index (χ1v) is 15.1. The van der Waals surface area contributed by atoms with Gasteiger partial charge in [0.25, 0.3) is 5.56 Å². The molecule has 3 aromatic heterocycles. The van der Waals surface area contributed by atoms with Crippen LogP contribution in [-0.4, -0.2) is 46.1 Å². The summed E-state index contributed by atoms with van der Waals surface area (Å²) in [4.78, 5) is 22.4. The van der Waals surface area contributed by atoms with Crippen molar-refractivity contribution in [1.82, 2.24) is 25.1 Å². The first-order valence-electron chi connectivity index (χ1n) is 14.4. The van der Waals surface area contributed by atoms with Crippen LogP contribution >= 0.6 is 23.2 Å². The zero-order valence-corrected chi connectivity index (χ0v) is 26.2. The molecule has 0 atom stereocenters. The average molecular weight is 632 g/mol. The first kappa shape index (κ1) is 30.0. The van der Waals surface area contributed by atoms with Gasteiger partial charge in [0, 0.05) is 66.2 Å². The minimum absolute atomic E-state index is 0.256. The lowest BCUT2D eigenvalue weighted by molar-refractivity contribution is 0.0775. The molecular weight excluding hydrogens is 599 g/mol. The Bertz CT molecular complexity index is 1910. The molecule has 0 radical (unpaired) electrons.